The maximum absolute atomic E-state index is 12.9. The lowest BCUT2D eigenvalue weighted by Crippen LogP contribution is -2.54. The van der Waals surface area contributed by atoms with Gasteiger partial charge in [0.1, 0.15) is 5.57 Å². The van der Waals surface area contributed by atoms with Gasteiger partial charge in [0.25, 0.3) is 11.8 Å². The second kappa shape index (κ2) is 9.07. The average molecular weight is 465 g/mol. The van der Waals surface area contributed by atoms with Crippen molar-refractivity contribution < 1.29 is 33.8 Å². The number of hydrogen-bond donors (Lipinski definition) is 2. The largest absolute Gasteiger partial charge is 0.493 e. The summed E-state index contributed by atoms with van der Waals surface area (Å²) in [5, 5.41) is 11.2. The van der Waals surface area contributed by atoms with Crippen LogP contribution in [0.4, 0.5) is 10.5 Å². The number of anilines is 1. The first-order valence-electron chi connectivity index (χ1n) is 8.60. The van der Waals surface area contributed by atoms with Crippen molar-refractivity contribution in [2.75, 3.05) is 18.6 Å². The molecular weight excluding hydrogens is 451 g/mol. The molecule has 1 fully saturated rings. The Labute approximate surface area is 185 Å². The minimum Gasteiger partial charge on any atom is -0.493 e. The zero-order valence-electron chi connectivity index (χ0n) is 15.8. The predicted molar refractivity (Wildman–Crippen MR) is 112 cm³/mol. The second-order valence-electron chi connectivity index (χ2n) is 6.15. The number of carbonyl (C=O) groups excluding carboxylic acids is 3. The number of nitrogens with one attached hydrogen (secondary N) is 1. The van der Waals surface area contributed by atoms with Crippen LogP contribution in [0.5, 0.6) is 11.5 Å². The first-order valence-corrected chi connectivity index (χ1v) is 9.36. The molecule has 160 valence electrons. The molecule has 0 radical (unpaired) electrons. The first kappa shape index (κ1) is 22.1. The van der Waals surface area contributed by atoms with Crippen molar-refractivity contribution in [2.24, 2.45) is 0 Å². The Balaban J connectivity index is 1.96. The lowest BCUT2D eigenvalue weighted by Gasteiger charge is -2.26. The van der Waals surface area contributed by atoms with E-state index in [1.807, 2.05) is 0 Å². The zero-order valence-corrected chi connectivity index (χ0v) is 17.4. The van der Waals surface area contributed by atoms with Crippen LogP contribution in [0.15, 0.2) is 42.0 Å². The van der Waals surface area contributed by atoms with Crippen LogP contribution in [0.25, 0.3) is 6.08 Å². The molecule has 11 heteroatoms. The Kier molecular flexibility index (Phi) is 6.47. The molecule has 4 amide bonds. The molecule has 2 aromatic rings. The topological polar surface area (TPSA) is 122 Å². The highest BCUT2D eigenvalue weighted by Crippen LogP contribution is 2.31. The fourth-order valence-electron chi connectivity index (χ4n) is 2.72. The molecule has 0 bridgehead atoms. The molecule has 0 atom stereocenters. The van der Waals surface area contributed by atoms with E-state index in [0.29, 0.717) is 5.56 Å². The van der Waals surface area contributed by atoms with Crippen molar-refractivity contribution in [1.82, 2.24) is 5.32 Å². The number of halogens is 2. The number of nitrogens with zero attached hydrogens (tertiary/aromatic N) is 1. The molecule has 0 aliphatic carbocycles. The highest BCUT2D eigenvalue weighted by atomic mass is 35.5. The second-order valence-corrected chi connectivity index (χ2v) is 6.96. The number of carboxylic acids is 1. The van der Waals surface area contributed by atoms with Gasteiger partial charge in [0.05, 0.1) is 22.8 Å². The van der Waals surface area contributed by atoms with Crippen LogP contribution in [0.1, 0.15) is 5.56 Å². The maximum atomic E-state index is 12.9. The number of aliphatic carboxylic acids is 1. The zero-order chi connectivity index (χ0) is 22.7. The van der Waals surface area contributed by atoms with Gasteiger partial charge in [-0.1, -0.05) is 29.3 Å². The van der Waals surface area contributed by atoms with E-state index in [0.717, 1.165) is 4.90 Å². The number of imide groups is 2. The van der Waals surface area contributed by atoms with Gasteiger partial charge < -0.3 is 14.6 Å². The summed E-state index contributed by atoms with van der Waals surface area (Å²) in [6.45, 7) is -0.571. The van der Waals surface area contributed by atoms with E-state index in [4.69, 9.17) is 37.8 Å². The summed E-state index contributed by atoms with van der Waals surface area (Å²) in [6.07, 6.45) is 1.26. The summed E-state index contributed by atoms with van der Waals surface area (Å²) < 4.78 is 10.3. The third kappa shape index (κ3) is 4.79. The molecule has 1 aliphatic heterocycles. The summed E-state index contributed by atoms with van der Waals surface area (Å²) in [7, 11) is 1.35. The smallest absolute Gasteiger partial charge is 0.341 e. The van der Waals surface area contributed by atoms with E-state index in [1.54, 1.807) is 0 Å². The van der Waals surface area contributed by atoms with Gasteiger partial charge in [0.15, 0.2) is 18.1 Å². The van der Waals surface area contributed by atoms with E-state index in [9.17, 15) is 19.2 Å². The van der Waals surface area contributed by atoms with Gasteiger partial charge in [0.2, 0.25) is 0 Å². The van der Waals surface area contributed by atoms with Gasteiger partial charge in [-0.2, -0.15) is 0 Å². The number of ether oxygens (including phenoxy) is 2. The summed E-state index contributed by atoms with van der Waals surface area (Å²) >= 11 is 11.8. The van der Waals surface area contributed by atoms with Crippen LogP contribution in [0, 0.1) is 0 Å². The normalized spacial score (nSPS) is 15.1. The van der Waals surface area contributed by atoms with Crippen LogP contribution in [0.3, 0.4) is 0 Å². The summed E-state index contributed by atoms with van der Waals surface area (Å²) in [4.78, 5) is 48.9. The lowest BCUT2D eigenvalue weighted by atomic mass is 10.1. The van der Waals surface area contributed by atoms with E-state index < -0.39 is 30.4 Å². The minimum absolute atomic E-state index is 0.129. The van der Waals surface area contributed by atoms with Gasteiger partial charge in [-0.3, -0.25) is 14.9 Å². The molecule has 0 saturated carbocycles. The third-order valence-corrected chi connectivity index (χ3v) is 4.85. The number of carboxylic acid groups (broad SMARTS) is 1. The number of amides is 4. The van der Waals surface area contributed by atoms with Crippen LogP contribution in [-0.2, 0) is 14.4 Å². The van der Waals surface area contributed by atoms with E-state index in [1.165, 1.54) is 49.6 Å². The van der Waals surface area contributed by atoms with Crippen molar-refractivity contribution >= 4 is 58.8 Å². The minimum atomic E-state index is -1.16. The first-order chi connectivity index (χ1) is 14.7. The highest BCUT2D eigenvalue weighted by molar-refractivity contribution is 6.43. The quantitative estimate of drug-likeness (QED) is 0.497. The van der Waals surface area contributed by atoms with Gasteiger partial charge in [-0.25, -0.2) is 14.5 Å². The number of urea groups is 1. The summed E-state index contributed by atoms with van der Waals surface area (Å²) in [6, 6.07) is 7.60. The van der Waals surface area contributed by atoms with Gasteiger partial charge >= 0.3 is 12.0 Å². The van der Waals surface area contributed by atoms with Crippen LogP contribution in [0.2, 0.25) is 10.0 Å². The fraction of sp³-hybridized carbons (Fsp3) is 0.100. The number of hydrogen-bond acceptors (Lipinski definition) is 6. The van der Waals surface area contributed by atoms with E-state index >= 15 is 0 Å². The van der Waals surface area contributed by atoms with Crippen LogP contribution in [-0.4, -0.2) is 42.6 Å². The van der Waals surface area contributed by atoms with Crippen molar-refractivity contribution in [3.05, 3.63) is 57.6 Å². The van der Waals surface area contributed by atoms with Gasteiger partial charge in [0, 0.05) is 0 Å². The average Bonchev–Trinajstić information content (AvgIpc) is 2.72. The Morgan fingerprint density at radius 2 is 1.84 bits per heavy atom. The van der Waals surface area contributed by atoms with Crippen molar-refractivity contribution in [1.29, 1.82) is 0 Å². The van der Waals surface area contributed by atoms with Crippen molar-refractivity contribution in [3.8, 4) is 11.5 Å². The number of methoxy groups -OCH3 is 1. The summed E-state index contributed by atoms with van der Waals surface area (Å²) in [5.74, 6) is -2.55. The molecule has 2 N–H and O–H groups in total. The Morgan fingerprint density at radius 1 is 1.10 bits per heavy atom. The molecule has 1 aliphatic rings. The monoisotopic (exact) mass is 464 g/mol. The molecule has 1 saturated heterocycles. The van der Waals surface area contributed by atoms with E-state index in [2.05, 4.69) is 5.32 Å². The lowest BCUT2D eigenvalue weighted by molar-refractivity contribution is -0.139. The molecule has 2 aromatic carbocycles. The standard InChI is InChI=1S/C20H14Cl2N2O7/c1-30-16-7-10(2-5-15(16)31-9-17(25)26)6-12-18(27)23-20(29)24(19(12)28)11-3-4-13(21)14(22)8-11/h2-8H,9H2,1H3,(H,25,26)(H,23,27,29)/b12-6+. The van der Waals surface area contributed by atoms with Crippen LogP contribution < -0.4 is 19.7 Å². The molecule has 0 aromatic heterocycles. The maximum Gasteiger partial charge on any atom is 0.341 e. The Bertz CT molecular complexity index is 1130. The van der Waals surface area contributed by atoms with Crippen molar-refractivity contribution in [2.45, 2.75) is 0 Å². The number of benzene rings is 2. The SMILES string of the molecule is COc1cc(/C=C2\C(=O)NC(=O)N(c3ccc(Cl)c(Cl)c3)C2=O)ccc1OCC(=O)O. The number of rotatable bonds is 6. The molecule has 31 heavy (non-hydrogen) atoms. The molecule has 0 unspecified atom stereocenters. The predicted octanol–water partition coefficient (Wildman–Crippen LogP) is 3.13. The number of carbonyl (C=O) groups is 4. The fourth-order valence-corrected chi connectivity index (χ4v) is 3.01. The molecule has 9 nitrogen and oxygen atoms in total. The Morgan fingerprint density at radius 3 is 2.48 bits per heavy atom. The van der Waals surface area contributed by atoms with Crippen molar-refractivity contribution in [3.63, 3.8) is 0 Å². The molecule has 1 heterocycles. The van der Waals surface area contributed by atoms with Gasteiger partial charge in [-0.15, -0.1) is 0 Å². The van der Waals surface area contributed by atoms with Crippen LogP contribution >= 0.6 is 23.2 Å². The molecule has 3 rings (SSSR count). The highest BCUT2D eigenvalue weighted by Gasteiger charge is 2.37. The summed E-state index contributed by atoms with van der Waals surface area (Å²) in [5.41, 5.74) is 0.193. The Hall–Kier alpha value is -3.56. The van der Waals surface area contributed by atoms with Gasteiger partial charge in [-0.05, 0) is 42.0 Å². The number of barbiturate groups is 1. The van der Waals surface area contributed by atoms with E-state index in [-0.39, 0.29) is 32.8 Å². The molecule has 0 spiro atoms. The third-order valence-electron chi connectivity index (χ3n) is 4.11. The molecular formula is C20H14Cl2N2O7.